The van der Waals surface area contributed by atoms with Crippen molar-refractivity contribution in [2.45, 2.75) is 65.8 Å². The van der Waals surface area contributed by atoms with Crippen LogP contribution >= 0.6 is 0 Å². The van der Waals surface area contributed by atoms with Crippen LogP contribution in [0.1, 0.15) is 59.8 Å². The fourth-order valence-corrected chi connectivity index (χ4v) is 2.07. The van der Waals surface area contributed by atoms with Crippen LogP contribution in [0.25, 0.3) is 0 Å². The smallest absolute Gasteiger partial charge is 0.0994 e. The lowest BCUT2D eigenvalue weighted by molar-refractivity contribution is 0.319. The zero-order chi connectivity index (χ0) is 11.5. The molecule has 2 heteroatoms. The summed E-state index contributed by atoms with van der Waals surface area (Å²) in [5.41, 5.74) is 6.03. The highest BCUT2D eigenvalue weighted by molar-refractivity contribution is 5.85. The Hall–Kier alpha value is -0.530. The van der Waals surface area contributed by atoms with Gasteiger partial charge in [-0.2, -0.15) is 0 Å². The normalized spacial score (nSPS) is 29.2. The highest BCUT2D eigenvalue weighted by Crippen LogP contribution is 2.29. The van der Waals surface area contributed by atoms with Gasteiger partial charge < -0.3 is 5.73 Å². The largest absolute Gasteiger partial charge is 0.387 e. The maximum atomic E-state index is 6.00. The SMILES string of the molecule is CCC1CCC(N=C(N)C(C)(C)C)CC1. The number of hydrogen-bond donors (Lipinski definition) is 1. The van der Waals surface area contributed by atoms with E-state index in [1.54, 1.807) is 0 Å². The van der Waals surface area contributed by atoms with Crippen LogP contribution < -0.4 is 5.73 Å². The molecule has 1 fully saturated rings. The summed E-state index contributed by atoms with van der Waals surface area (Å²) in [6, 6.07) is 0.493. The van der Waals surface area contributed by atoms with Crippen molar-refractivity contribution in [1.82, 2.24) is 0 Å². The zero-order valence-corrected chi connectivity index (χ0v) is 10.7. The molecule has 0 heterocycles. The lowest BCUT2D eigenvalue weighted by atomic mass is 9.84. The second-order valence-electron chi connectivity index (χ2n) is 5.85. The molecule has 0 aromatic heterocycles. The number of amidine groups is 1. The third-order valence-corrected chi connectivity index (χ3v) is 3.48. The van der Waals surface area contributed by atoms with Gasteiger partial charge in [0, 0.05) is 5.41 Å². The average molecular weight is 210 g/mol. The predicted octanol–water partition coefficient (Wildman–Crippen LogP) is 3.36. The van der Waals surface area contributed by atoms with Crippen LogP contribution in [-0.2, 0) is 0 Å². The van der Waals surface area contributed by atoms with Crippen LogP contribution in [-0.4, -0.2) is 11.9 Å². The number of rotatable bonds is 2. The van der Waals surface area contributed by atoms with Gasteiger partial charge >= 0.3 is 0 Å². The van der Waals surface area contributed by atoms with Crippen LogP contribution in [0.2, 0.25) is 0 Å². The van der Waals surface area contributed by atoms with E-state index in [9.17, 15) is 0 Å². The average Bonchev–Trinajstić information content (AvgIpc) is 2.17. The van der Waals surface area contributed by atoms with Gasteiger partial charge in [0.05, 0.1) is 11.9 Å². The maximum absolute atomic E-state index is 6.00. The first kappa shape index (κ1) is 12.5. The van der Waals surface area contributed by atoms with Crippen molar-refractivity contribution in [3.05, 3.63) is 0 Å². The van der Waals surface area contributed by atoms with Gasteiger partial charge in [0.1, 0.15) is 0 Å². The molecule has 0 spiro atoms. The van der Waals surface area contributed by atoms with Crippen LogP contribution in [0.5, 0.6) is 0 Å². The molecule has 1 aliphatic rings. The summed E-state index contributed by atoms with van der Waals surface area (Å²) in [4.78, 5) is 4.67. The van der Waals surface area contributed by atoms with E-state index in [4.69, 9.17) is 5.73 Å². The molecular formula is C13H26N2. The number of nitrogens with two attached hydrogens (primary N) is 1. The first-order chi connectivity index (χ1) is 6.93. The molecule has 0 atom stereocenters. The van der Waals surface area contributed by atoms with Crippen molar-refractivity contribution in [2.75, 3.05) is 0 Å². The number of aliphatic imine (C=N–C) groups is 1. The fourth-order valence-electron chi connectivity index (χ4n) is 2.07. The topological polar surface area (TPSA) is 38.4 Å². The summed E-state index contributed by atoms with van der Waals surface area (Å²) in [7, 11) is 0. The Balaban J connectivity index is 2.48. The van der Waals surface area contributed by atoms with Gasteiger partial charge in [-0.25, -0.2) is 0 Å². The number of hydrogen-bond acceptors (Lipinski definition) is 1. The molecule has 15 heavy (non-hydrogen) atoms. The standard InChI is InChI=1S/C13H26N2/c1-5-10-6-8-11(9-7-10)15-12(14)13(2,3)4/h10-11H,5-9H2,1-4H3,(H2,14,15). The molecule has 1 saturated carbocycles. The van der Waals surface area contributed by atoms with E-state index in [0.29, 0.717) is 6.04 Å². The summed E-state index contributed by atoms with van der Waals surface area (Å²) in [5.74, 6) is 1.76. The molecule has 0 bridgehead atoms. The van der Waals surface area contributed by atoms with Gasteiger partial charge in [0.15, 0.2) is 0 Å². The Kier molecular flexibility index (Phi) is 4.18. The molecule has 0 aromatic rings. The molecule has 2 nitrogen and oxygen atoms in total. The van der Waals surface area contributed by atoms with Crippen molar-refractivity contribution in [3.63, 3.8) is 0 Å². The summed E-state index contributed by atoms with van der Waals surface area (Å²) in [5, 5.41) is 0. The molecule has 0 radical (unpaired) electrons. The van der Waals surface area contributed by atoms with E-state index >= 15 is 0 Å². The van der Waals surface area contributed by atoms with Crippen LogP contribution in [0.15, 0.2) is 4.99 Å². The quantitative estimate of drug-likeness (QED) is 0.551. The van der Waals surface area contributed by atoms with Crippen molar-refractivity contribution in [1.29, 1.82) is 0 Å². The van der Waals surface area contributed by atoms with Crippen LogP contribution in [0.4, 0.5) is 0 Å². The highest BCUT2D eigenvalue weighted by Gasteiger charge is 2.22. The third-order valence-electron chi connectivity index (χ3n) is 3.48. The monoisotopic (exact) mass is 210 g/mol. The first-order valence-electron chi connectivity index (χ1n) is 6.27. The molecule has 2 N–H and O–H groups in total. The minimum Gasteiger partial charge on any atom is -0.387 e. The molecule has 0 amide bonds. The first-order valence-corrected chi connectivity index (χ1v) is 6.27. The van der Waals surface area contributed by atoms with Gasteiger partial charge in [0.2, 0.25) is 0 Å². The fraction of sp³-hybridized carbons (Fsp3) is 0.923. The summed E-state index contributed by atoms with van der Waals surface area (Å²) >= 11 is 0. The van der Waals surface area contributed by atoms with Gasteiger partial charge in [-0.15, -0.1) is 0 Å². The minimum absolute atomic E-state index is 0.0294. The van der Waals surface area contributed by atoms with Crippen LogP contribution in [0.3, 0.4) is 0 Å². The number of nitrogens with zero attached hydrogens (tertiary/aromatic N) is 1. The van der Waals surface area contributed by atoms with E-state index in [1.807, 2.05) is 0 Å². The predicted molar refractivity (Wildman–Crippen MR) is 67.1 cm³/mol. The van der Waals surface area contributed by atoms with Crippen molar-refractivity contribution in [2.24, 2.45) is 22.1 Å². The Labute approximate surface area is 94.3 Å². The Morgan fingerprint density at radius 2 is 1.73 bits per heavy atom. The van der Waals surface area contributed by atoms with Crippen LogP contribution in [0, 0.1) is 11.3 Å². The minimum atomic E-state index is 0.0294. The highest BCUT2D eigenvalue weighted by atomic mass is 14.9. The summed E-state index contributed by atoms with van der Waals surface area (Å²) < 4.78 is 0. The van der Waals surface area contributed by atoms with E-state index in [1.165, 1.54) is 32.1 Å². The Morgan fingerprint density at radius 1 is 1.20 bits per heavy atom. The molecule has 1 rings (SSSR count). The van der Waals surface area contributed by atoms with Crippen molar-refractivity contribution >= 4 is 5.84 Å². The van der Waals surface area contributed by atoms with Gasteiger partial charge in [0.25, 0.3) is 0 Å². The summed E-state index contributed by atoms with van der Waals surface area (Å²) in [6.45, 7) is 8.67. The Bertz CT molecular complexity index is 217. The molecule has 1 aliphatic carbocycles. The second kappa shape index (κ2) is 5.00. The summed E-state index contributed by atoms with van der Waals surface area (Å²) in [6.07, 6.45) is 6.46. The molecule has 0 saturated heterocycles. The lowest BCUT2D eigenvalue weighted by Crippen LogP contribution is -2.31. The van der Waals surface area contributed by atoms with E-state index < -0.39 is 0 Å². The van der Waals surface area contributed by atoms with Crippen molar-refractivity contribution in [3.8, 4) is 0 Å². The van der Waals surface area contributed by atoms with E-state index in [0.717, 1.165) is 11.8 Å². The maximum Gasteiger partial charge on any atom is 0.0994 e. The van der Waals surface area contributed by atoms with Gasteiger partial charge in [-0.3, -0.25) is 4.99 Å². The van der Waals surface area contributed by atoms with E-state index in [2.05, 4.69) is 32.7 Å². The molecular weight excluding hydrogens is 184 g/mol. The molecule has 88 valence electrons. The Morgan fingerprint density at radius 3 is 2.13 bits per heavy atom. The lowest BCUT2D eigenvalue weighted by Gasteiger charge is -2.27. The van der Waals surface area contributed by atoms with E-state index in [-0.39, 0.29) is 5.41 Å². The second-order valence-corrected chi connectivity index (χ2v) is 5.85. The van der Waals surface area contributed by atoms with Crippen molar-refractivity contribution < 1.29 is 0 Å². The third kappa shape index (κ3) is 3.84. The van der Waals surface area contributed by atoms with Gasteiger partial charge in [-0.05, 0) is 31.6 Å². The van der Waals surface area contributed by atoms with Gasteiger partial charge in [-0.1, -0.05) is 34.1 Å². The zero-order valence-electron chi connectivity index (χ0n) is 10.7. The molecule has 0 unspecified atom stereocenters. The molecule has 0 aromatic carbocycles. The molecule has 0 aliphatic heterocycles.